The van der Waals surface area contributed by atoms with E-state index in [1.807, 2.05) is 12.1 Å². The molecule has 33 heavy (non-hydrogen) atoms. The lowest BCUT2D eigenvalue weighted by atomic mass is 9.65. The van der Waals surface area contributed by atoms with Gasteiger partial charge in [0.05, 0.1) is 18.1 Å². The Morgan fingerprint density at radius 2 is 1.64 bits per heavy atom. The van der Waals surface area contributed by atoms with Crippen molar-refractivity contribution in [1.82, 2.24) is 19.9 Å². The van der Waals surface area contributed by atoms with Crippen LogP contribution in [-0.4, -0.2) is 46.5 Å². The minimum atomic E-state index is -0.485. The maximum absolute atomic E-state index is 12.4. The van der Waals surface area contributed by atoms with E-state index in [1.54, 1.807) is 29.7 Å². The molecule has 2 heterocycles. The maximum atomic E-state index is 12.4. The van der Waals surface area contributed by atoms with Crippen molar-refractivity contribution in [2.45, 2.75) is 38.1 Å². The fourth-order valence-corrected chi connectivity index (χ4v) is 4.95. The van der Waals surface area contributed by atoms with Crippen LogP contribution >= 0.6 is 0 Å². The van der Waals surface area contributed by atoms with E-state index in [0.29, 0.717) is 18.1 Å². The van der Waals surface area contributed by atoms with E-state index in [4.69, 9.17) is 5.73 Å². The quantitative estimate of drug-likeness (QED) is 0.606. The third-order valence-electron chi connectivity index (χ3n) is 7.13. The number of pyridine rings is 1. The average molecular weight is 445 g/mol. The third kappa shape index (κ3) is 4.73. The first-order chi connectivity index (χ1) is 15.8. The normalized spacial score (nSPS) is 22.8. The SMILES string of the molecule is CN(C)[C@]1(c2ccccc2)CC[C@@](C)(CN(C(N)=O)c2cnc(-c3cccnc3)nc2)CC1. The van der Waals surface area contributed by atoms with E-state index >= 15 is 0 Å². The monoisotopic (exact) mass is 444 g/mol. The summed E-state index contributed by atoms with van der Waals surface area (Å²) in [5, 5.41) is 0. The van der Waals surface area contributed by atoms with Crippen molar-refractivity contribution in [2.24, 2.45) is 11.1 Å². The van der Waals surface area contributed by atoms with Gasteiger partial charge in [-0.1, -0.05) is 37.3 Å². The van der Waals surface area contributed by atoms with Crippen LogP contribution in [0.4, 0.5) is 10.5 Å². The number of primary amides is 1. The van der Waals surface area contributed by atoms with Crippen LogP contribution in [-0.2, 0) is 5.54 Å². The van der Waals surface area contributed by atoms with Crippen molar-refractivity contribution in [3.05, 3.63) is 72.8 Å². The standard InChI is InChI=1S/C26H32N6O/c1-25(11-13-26(14-12-25,31(2)3)21-9-5-4-6-10-21)19-32(24(27)33)22-17-29-23(30-18-22)20-8-7-15-28-16-20/h4-10,15-18H,11-14,19H2,1-3H3,(H2,27,33)/t25-,26-. The molecule has 0 unspecified atom stereocenters. The van der Waals surface area contributed by atoms with Gasteiger partial charge in [-0.2, -0.15) is 0 Å². The lowest BCUT2D eigenvalue weighted by Gasteiger charge is -2.50. The second-order valence-electron chi connectivity index (χ2n) is 9.53. The molecular weight excluding hydrogens is 412 g/mol. The number of rotatable bonds is 6. The van der Waals surface area contributed by atoms with Gasteiger partial charge in [0.25, 0.3) is 0 Å². The van der Waals surface area contributed by atoms with Gasteiger partial charge in [0.1, 0.15) is 0 Å². The van der Waals surface area contributed by atoms with Gasteiger partial charge in [-0.3, -0.25) is 14.8 Å². The molecule has 2 aromatic heterocycles. The van der Waals surface area contributed by atoms with E-state index < -0.39 is 6.03 Å². The Morgan fingerprint density at radius 1 is 0.970 bits per heavy atom. The highest BCUT2D eigenvalue weighted by Crippen LogP contribution is 2.48. The molecule has 0 radical (unpaired) electrons. The zero-order valence-electron chi connectivity index (χ0n) is 19.6. The molecule has 3 aromatic rings. The highest BCUT2D eigenvalue weighted by atomic mass is 16.2. The summed E-state index contributed by atoms with van der Waals surface area (Å²) in [6.07, 6.45) is 10.8. The third-order valence-corrected chi connectivity index (χ3v) is 7.13. The minimum absolute atomic E-state index is 0.00675. The Bertz CT molecular complexity index is 1060. The number of carbonyl (C=O) groups excluding carboxylic acids is 1. The summed E-state index contributed by atoms with van der Waals surface area (Å²) in [5.41, 5.74) is 8.55. The molecule has 172 valence electrons. The lowest BCUT2D eigenvalue weighted by molar-refractivity contribution is 0.0459. The molecule has 0 spiro atoms. The second kappa shape index (κ2) is 9.27. The van der Waals surface area contributed by atoms with Crippen LogP contribution in [0.2, 0.25) is 0 Å². The van der Waals surface area contributed by atoms with E-state index in [1.165, 1.54) is 5.56 Å². The van der Waals surface area contributed by atoms with Gasteiger partial charge >= 0.3 is 6.03 Å². The average Bonchev–Trinajstić information content (AvgIpc) is 2.84. The van der Waals surface area contributed by atoms with Crippen LogP contribution in [0.1, 0.15) is 38.2 Å². The molecule has 1 fully saturated rings. The number of benzene rings is 1. The molecule has 7 heteroatoms. The first kappa shape index (κ1) is 22.9. The number of anilines is 1. The fourth-order valence-electron chi connectivity index (χ4n) is 4.95. The predicted molar refractivity (Wildman–Crippen MR) is 131 cm³/mol. The summed E-state index contributed by atoms with van der Waals surface area (Å²) in [4.78, 5) is 29.4. The molecule has 4 rings (SSSR count). The highest BCUT2D eigenvalue weighted by molar-refractivity contribution is 5.90. The van der Waals surface area contributed by atoms with E-state index in [2.05, 4.69) is 71.2 Å². The van der Waals surface area contributed by atoms with E-state index in [0.717, 1.165) is 31.2 Å². The molecule has 2 N–H and O–H groups in total. The molecule has 2 amide bonds. The van der Waals surface area contributed by atoms with Crippen LogP contribution in [0.15, 0.2) is 67.3 Å². The maximum Gasteiger partial charge on any atom is 0.319 e. The Balaban J connectivity index is 1.51. The van der Waals surface area contributed by atoms with Crippen molar-refractivity contribution in [1.29, 1.82) is 0 Å². The number of nitrogens with two attached hydrogens (primary N) is 1. The highest BCUT2D eigenvalue weighted by Gasteiger charge is 2.44. The Morgan fingerprint density at radius 3 is 2.18 bits per heavy atom. The Labute approximate surface area is 195 Å². The fraction of sp³-hybridized carbons (Fsp3) is 0.385. The summed E-state index contributed by atoms with van der Waals surface area (Å²) in [7, 11) is 4.32. The molecule has 1 aliphatic carbocycles. The van der Waals surface area contributed by atoms with Crippen molar-refractivity contribution < 1.29 is 4.79 Å². The largest absolute Gasteiger partial charge is 0.351 e. The molecule has 7 nitrogen and oxygen atoms in total. The Hall–Kier alpha value is -3.32. The molecule has 0 aliphatic heterocycles. The van der Waals surface area contributed by atoms with Crippen LogP contribution in [0.3, 0.4) is 0 Å². The van der Waals surface area contributed by atoms with Crippen LogP contribution in [0.25, 0.3) is 11.4 Å². The van der Waals surface area contributed by atoms with Crippen LogP contribution in [0.5, 0.6) is 0 Å². The summed E-state index contributed by atoms with van der Waals surface area (Å²) in [6, 6.07) is 14.0. The van der Waals surface area contributed by atoms with Gasteiger partial charge in [0.2, 0.25) is 0 Å². The Kier molecular flexibility index (Phi) is 6.42. The molecular formula is C26H32N6O. The van der Waals surface area contributed by atoms with Gasteiger partial charge < -0.3 is 5.73 Å². The van der Waals surface area contributed by atoms with Gasteiger partial charge in [-0.25, -0.2) is 14.8 Å². The molecule has 0 atom stereocenters. The topological polar surface area (TPSA) is 88.2 Å². The van der Waals surface area contributed by atoms with Crippen molar-refractivity contribution >= 4 is 11.7 Å². The molecule has 0 saturated heterocycles. The van der Waals surface area contributed by atoms with Gasteiger partial charge in [0.15, 0.2) is 5.82 Å². The molecule has 1 saturated carbocycles. The number of urea groups is 1. The molecule has 1 aromatic carbocycles. The number of nitrogens with zero attached hydrogens (tertiary/aromatic N) is 5. The lowest BCUT2D eigenvalue weighted by Crippen LogP contribution is -2.50. The first-order valence-electron chi connectivity index (χ1n) is 11.4. The number of hydrogen-bond acceptors (Lipinski definition) is 5. The van der Waals surface area contributed by atoms with Crippen molar-refractivity contribution in [3.8, 4) is 11.4 Å². The number of amides is 2. The number of hydrogen-bond donors (Lipinski definition) is 1. The van der Waals surface area contributed by atoms with Crippen LogP contribution < -0.4 is 10.6 Å². The summed E-state index contributed by atoms with van der Waals surface area (Å²) in [6.45, 7) is 2.79. The second-order valence-corrected chi connectivity index (χ2v) is 9.53. The van der Waals surface area contributed by atoms with E-state index in [9.17, 15) is 4.79 Å². The van der Waals surface area contributed by atoms with Crippen molar-refractivity contribution in [2.75, 3.05) is 25.5 Å². The van der Waals surface area contributed by atoms with Gasteiger partial charge in [0, 0.05) is 30.0 Å². The van der Waals surface area contributed by atoms with Crippen molar-refractivity contribution in [3.63, 3.8) is 0 Å². The minimum Gasteiger partial charge on any atom is -0.351 e. The van der Waals surface area contributed by atoms with Crippen LogP contribution in [0, 0.1) is 5.41 Å². The smallest absolute Gasteiger partial charge is 0.319 e. The molecule has 0 bridgehead atoms. The van der Waals surface area contributed by atoms with Gasteiger partial charge in [-0.05, 0) is 62.9 Å². The summed E-state index contributed by atoms with van der Waals surface area (Å²) >= 11 is 0. The zero-order valence-corrected chi connectivity index (χ0v) is 19.6. The first-order valence-corrected chi connectivity index (χ1v) is 11.4. The number of carbonyl (C=O) groups is 1. The predicted octanol–water partition coefficient (Wildman–Crippen LogP) is 4.46. The summed E-state index contributed by atoms with van der Waals surface area (Å²) < 4.78 is 0. The van der Waals surface area contributed by atoms with Gasteiger partial charge in [-0.15, -0.1) is 0 Å². The molecule has 1 aliphatic rings. The summed E-state index contributed by atoms with van der Waals surface area (Å²) in [5.74, 6) is 0.568. The van der Waals surface area contributed by atoms with E-state index in [-0.39, 0.29) is 11.0 Å². The number of aromatic nitrogens is 3. The zero-order chi connectivity index (χ0) is 23.5.